The summed E-state index contributed by atoms with van der Waals surface area (Å²) in [5, 5.41) is 0. The number of esters is 1. The van der Waals surface area contributed by atoms with E-state index in [1.54, 1.807) is 6.92 Å². The van der Waals surface area contributed by atoms with E-state index in [0.717, 1.165) is 11.1 Å². The molecule has 1 atom stereocenters. The van der Waals surface area contributed by atoms with Gasteiger partial charge in [0.1, 0.15) is 4.83 Å². The molecule has 0 radical (unpaired) electrons. The van der Waals surface area contributed by atoms with Crippen LogP contribution in [0.1, 0.15) is 22.9 Å². The largest absolute Gasteiger partial charge is 0.465 e. The van der Waals surface area contributed by atoms with Gasteiger partial charge in [0.15, 0.2) is 0 Å². The van der Waals surface area contributed by atoms with Gasteiger partial charge in [-0.05, 0) is 19.4 Å². The molecular weight excluding hydrogens is 244 g/mol. The average molecular weight is 257 g/mol. The Labute approximate surface area is 92.4 Å². The van der Waals surface area contributed by atoms with Crippen LogP contribution in [0.2, 0.25) is 0 Å². The lowest BCUT2D eigenvalue weighted by Gasteiger charge is -2.09. The first-order valence-electron chi connectivity index (χ1n) is 4.52. The van der Waals surface area contributed by atoms with Gasteiger partial charge >= 0.3 is 5.97 Å². The second kappa shape index (κ2) is 5.15. The van der Waals surface area contributed by atoms with Gasteiger partial charge < -0.3 is 4.74 Å². The Kier molecular flexibility index (Phi) is 4.14. The van der Waals surface area contributed by atoms with Crippen molar-refractivity contribution in [2.24, 2.45) is 0 Å². The van der Waals surface area contributed by atoms with Gasteiger partial charge in [0.05, 0.1) is 6.61 Å². The Bertz CT molecular complexity index is 323. The lowest BCUT2D eigenvalue weighted by Crippen LogP contribution is -2.10. The number of halogens is 1. The number of aryl methyl sites for hydroxylation is 1. The molecule has 0 N–H and O–H groups in total. The van der Waals surface area contributed by atoms with Crippen LogP contribution >= 0.6 is 15.9 Å². The highest BCUT2D eigenvalue weighted by atomic mass is 79.9. The molecule has 2 nitrogen and oxygen atoms in total. The number of hydrogen-bond acceptors (Lipinski definition) is 2. The maximum absolute atomic E-state index is 11.4. The summed E-state index contributed by atoms with van der Waals surface area (Å²) in [6.07, 6.45) is 0. The van der Waals surface area contributed by atoms with E-state index in [9.17, 15) is 4.79 Å². The maximum Gasteiger partial charge on any atom is 0.324 e. The molecule has 0 saturated carbocycles. The molecule has 0 aromatic heterocycles. The summed E-state index contributed by atoms with van der Waals surface area (Å²) >= 11 is 3.31. The number of rotatable bonds is 3. The standard InChI is InChI=1S/C11H13BrO2/c1-3-14-11(13)10(12)9-6-4-5-8(2)7-9/h4-7,10H,3H2,1-2H3. The molecule has 0 amide bonds. The fourth-order valence-corrected chi connectivity index (χ4v) is 1.60. The molecule has 1 unspecified atom stereocenters. The molecule has 0 aliphatic rings. The highest BCUT2D eigenvalue weighted by Gasteiger charge is 2.17. The monoisotopic (exact) mass is 256 g/mol. The Balaban J connectivity index is 2.78. The fourth-order valence-electron chi connectivity index (χ4n) is 1.18. The van der Waals surface area contributed by atoms with Crippen molar-refractivity contribution in [3.8, 4) is 0 Å². The summed E-state index contributed by atoms with van der Waals surface area (Å²) < 4.78 is 4.91. The van der Waals surface area contributed by atoms with Gasteiger partial charge in [0.2, 0.25) is 0 Å². The van der Waals surface area contributed by atoms with Crippen molar-refractivity contribution in [3.63, 3.8) is 0 Å². The molecule has 0 aliphatic carbocycles. The molecule has 76 valence electrons. The van der Waals surface area contributed by atoms with Crippen molar-refractivity contribution in [1.82, 2.24) is 0 Å². The SMILES string of the molecule is CCOC(=O)C(Br)c1cccc(C)c1. The number of carbonyl (C=O) groups excluding carboxylic acids is 1. The topological polar surface area (TPSA) is 26.3 Å². The van der Waals surface area contributed by atoms with Crippen molar-refractivity contribution in [2.45, 2.75) is 18.7 Å². The summed E-state index contributed by atoms with van der Waals surface area (Å²) in [5.74, 6) is -0.238. The minimum absolute atomic E-state index is 0.238. The third-order valence-corrected chi connectivity index (χ3v) is 2.73. The molecule has 0 heterocycles. The Morgan fingerprint density at radius 3 is 2.86 bits per heavy atom. The van der Waals surface area contributed by atoms with Crippen LogP contribution in [-0.4, -0.2) is 12.6 Å². The van der Waals surface area contributed by atoms with Crippen molar-refractivity contribution < 1.29 is 9.53 Å². The molecule has 0 saturated heterocycles. The van der Waals surface area contributed by atoms with Crippen LogP contribution in [0, 0.1) is 6.92 Å². The van der Waals surface area contributed by atoms with Gasteiger partial charge in [-0.3, -0.25) is 4.79 Å². The number of alkyl halides is 1. The molecular formula is C11H13BrO2. The highest BCUT2D eigenvalue weighted by molar-refractivity contribution is 9.09. The number of hydrogen-bond donors (Lipinski definition) is 0. The van der Waals surface area contributed by atoms with E-state index in [0.29, 0.717) is 6.61 Å². The Morgan fingerprint density at radius 2 is 2.29 bits per heavy atom. The van der Waals surface area contributed by atoms with E-state index in [-0.39, 0.29) is 10.8 Å². The summed E-state index contributed by atoms with van der Waals surface area (Å²) in [6.45, 7) is 4.20. The average Bonchev–Trinajstić information content (AvgIpc) is 2.17. The second-order valence-electron chi connectivity index (χ2n) is 3.03. The zero-order chi connectivity index (χ0) is 10.6. The molecule has 0 aliphatic heterocycles. The molecule has 1 aromatic carbocycles. The quantitative estimate of drug-likeness (QED) is 0.614. The van der Waals surface area contributed by atoms with E-state index < -0.39 is 0 Å². The smallest absolute Gasteiger partial charge is 0.324 e. The van der Waals surface area contributed by atoms with E-state index >= 15 is 0 Å². The lowest BCUT2D eigenvalue weighted by molar-refractivity contribution is -0.142. The predicted molar refractivity (Wildman–Crippen MR) is 59.5 cm³/mol. The molecule has 0 spiro atoms. The van der Waals surface area contributed by atoms with E-state index in [4.69, 9.17) is 4.74 Å². The van der Waals surface area contributed by atoms with E-state index in [1.165, 1.54) is 0 Å². The lowest BCUT2D eigenvalue weighted by atomic mass is 10.1. The minimum atomic E-state index is -0.359. The molecule has 3 heteroatoms. The summed E-state index contributed by atoms with van der Waals surface area (Å²) in [5.41, 5.74) is 2.07. The van der Waals surface area contributed by atoms with Gasteiger partial charge in [-0.2, -0.15) is 0 Å². The molecule has 0 bridgehead atoms. The molecule has 1 rings (SSSR count). The van der Waals surface area contributed by atoms with Crippen molar-refractivity contribution in [1.29, 1.82) is 0 Å². The van der Waals surface area contributed by atoms with Gasteiger partial charge in [0, 0.05) is 0 Å². The third-order valence-electron chi connectivity index (χ3n) is 1.83. The third kappa shape index (κ3) is 2.84. The minimum Gasteiger partial charge on any atom is -0.465 e. The van der Waals surface area contributed by atoms with Crippen LogP contribution in [0.15, 0.2) is 24.3 Å². The summed E-state index contributed by atoms with van der Waals surface area (Å²) in [6, 6.07) is 7.80. The van der Waals surface area contributed by atoms with Crippen LogP contribution < -0.4 is 0 Å². The Hall–Kier alpha value is -0.830. The zero-order valence-electron chi connectivity index (χ0n) is 8.29. The van der Waals surface area contributed by atoms with Crippen LogP contribution in [0.5, 0.6) is 0 Å². The van der Waals surface area contributed by atoms with Gasteiger partial charge in [0.25, 0.3) is 0 Å². The van der Waals surface area contributed by atoms with Gasteiger partial charge in [-0.15, -0.1) is 0 Å². The Morgan fingerprint density at radius 1 is 1.57 bits per heavy atom. The molecule has 1 aromatic rings. The van der Waals surface area contributed by atoms with Crippen LogP contribution in [0.25, 0.3) is 0 Å². The van der Waals surface area contributed by atoms with Crippen molar-refractivity contribution in [3.05, 3.63) is 35.4 Å². The van der Waals surface area contributed by atoms with E-state index in [1.807, 2.05) is 31.2 Å². The van der Waals surface area contributed by atoms with Crippen molar-refractivity contribution in [2.75, 3.05) is 6.61 Å². The number of ether oxygens (including phenoxy) is 1. The first kappa shape index (κ1) is 11.2. The molecule has 0 fully saturated rings. The second-order valence-corrected chi connectivity index (χ2v) is 3.94. The maximum atomic E-state index is 11.4. The van der Waals surface area contributed by atoms with Crippen LogP contribution in [0.4, 0.5) is 0 Å². The summed E-state index contributed by atoms with van der Waals surface area (Å²) in [4.78, 5) is 11.0. The van der Waals surface area contributed by atoms with Crippen LogP contribution in [-0.2, 0) is 9.53 Å². The number of carbonyl (C=O) groups is 1. The fraction of sp³-hybridized carbons (Fsp3) is 0.364. The van der Waals surface area contributed by atoms with Crippen molar-refractivity contribution >= 4 is 21.9 Å². The summed E-state index contributed by atoms with van der Waals surface area (Å²) in [7, 11) is 0. The first-order chi connectivity index (χ1) is 6.65. The first-order valence-corrected chi connectivity index (χ1v) is 5.44. The van der Waals surface area contributed by atoms with E-state index in [2.05, 4.69) is 15.9 Å². The van der Waals surface area contributed by atoms with Crippen LogP contribution in [0.3, 0.4) is 0 Å². The zero-order valence-corrected chi connectivity index (χ0v) is 9.87. The molecule has 14 heavy (non-hydrogen) atoms. The predicted octanol–water partition coefficient (Wildman–Crippen LogP) is 2.99. The van der Waals surface area contributed by atoms with Gasteiger partial charge in [-0.25, -0.2) is 0 Å². The number of benzene rings is 1. The van der Waals surface area contributed by atoms with Gasteiger partial charge in [-0.1, -0.05) is 45.8 Å². The normalized spacial score (nSPS) is 12.2. The highest BCUT2D eigenvalue weighted by Crippen LogP contribution is 2.24.